The molecule has 4 nitrogen and oxygen atoms in total. The van der Waals surface area contributed by atoms with E-state index in [-0.39, 0.29) is 6.04 Å². The molecule has 0 radical (unpaired) electrons. The third-order valence-corrected chi connectivity index (χ3v) is 6.02. The first-order valence-electron chi connectivity index (χ1n) is 7.06. The number of anilines is 1. The lowest BCUT2D eigenvalue weighted by atomic mass is 10.2. The summed E-state index contributed by atoms with van der Waals surface area (Å²) < 4.78 is 27.9. The summed E-state index contributed by atoms with van der Waals surface area (Å²) in [7, 11) is -3.45. The van der Waals surface area contributed by atoms with E-state index in [0.29, 0.717) is 10.6 Å². The molecule has 112 valence electrons. The van der Waals surface area contributed by atoms with Crippen molar-refractivity contribution in [1.82, 2.24) is 4.72 Å². The minimum Gasteiger partial charge on any atom is -0.384 e. The first-order valence-corrected chi connectivity index (χ1v) is 9.70. The van der Waals surface area contributed by atoms with Crippen LogP contribution in [-0.2, 0) is 10.0 Å². The topological polar surface area (TPSA) is 58.2 Å². The van der Waals surface area contributed by atoms with Gasteiger partial charge in [-0.25, -0.2) is 13.1 Å². The van der Waals surface area contributed by atoms with Crippen LogP contribution in [0.5, 0.6) is 0 Å². The van der Waals surface area contributed by atoms with Gasteiger partial charge in [-0.3, -0.25) is 0 Å². The molecule has 20 heavy (non-hydrogen) atoms. The number of benzene rings is 1. The van der Waals surface area contributed by atoms with E-state index in [1.807, 2.05) is 23.9 Å². The van der Waals surface area contributed by atoms with Crippen molar-refractivity contribution >= 4 is 27.5 Å². The van der Waals surface area contributed by atoms with Gasteiger partial charge in [0.1, 0.15) is 4.90 Å². The Bertz CT molecular complexity index is 526. The van der Waals surface area contributed by atoms with Gasteiger partial charge in [-0.05, 0) is 37.1 Å². The van der Waals surface area contributed by atoms with Crippen LogP contribution in [0, 0.1) is 0 Å². The van der Waals surface area contributed by atoms with E-state index in [9.17, 15) is 8.42 Å². The van der Waals surface area contributed by atoms with Crippen molar-refractivity contribution in [3.05, 3.63) is 24.3 Å². The molecule has 0 amide bonds. The molecule has 0 bridgehead atoms. The summed E-state index contributed by atoms with van der Waals surface area (Å²) in [6.45, 7) is 2.83. The predicted molar refractivity (Wildman–Crippen MR) is 85.9 cm³/mol. The van der Waals surface area contributed by atoms with Crippen LogP contribution in [0.15, 0.2) is 29.2 Å². The second kappa shape index (κ2) is 7.33. The summed E-state index contributed by atoms with van der Waals surface area (Å²) in [5.74, 6) is 2.00. The average Bonchev–Trinajstić information content (AvgIpc) is 2.46. The molecule has 6 heteroatoms. The number of thioether (sulfide) groups is 1. The normalized spacial score (nSPS) is 19.8. The van der Waals surface area contributed by atoms with Crippen LogP contribution in [-0.4, -0.2) is 32.5 Å². The lowest BCUT2D eigenvalue weighted by Gasteiger charge is -2.23. The van der Waals surface area contributed by atoms with Gasteiger partial charge in [-0.1, -0.05) is 19.1 Å². The monoisotopic (exact) mass is 314 g/mol. The molecule has 1 aliphatic rings. The molecule has 1 fully saturated rings. The average molecular weight is 314 g/mol. The van der Waals surface area contributed by atoms with Crippen LogP contribution in [0.3, 0.4) is 0 Å². The van der Waals surface area contributed by atoms with Crippen molar-refractivity contribution < 1.29 is 8.42 Å². The van der Waals surface area contributed by atoms with E-state index in [2.05, 4.69) is 17.0 Å². The molecule has 0 saturated carbocycles. The Morgan fingerprint density at radius 3 is 2.85 bits per heavy atom. The zero-order valence-electron chi connectivity index (χ0n) is 11.8. The van der Waals surface area contributed by atoms with E-state index in [4.69, 9.17) is 0 Å². The second-order valence-corrected chi connectivity index (χ2v) is 7.79. The lowest BCUT2D eigenvalue weighted by Crippen LogP contribution is -2.38. The van der Waals surface area contributed by atoms with Crippen LogP contribution >= 0.6 is 11.8 Å². The summed E-state index contributed by atoms with van der Waals surface area (Å²) in [5, 5.41) is 3.18. The maximum atomic E-state index is 12.5. The fourth-order valence-corrected chi connectivity index (χ4v) is 4.86. The van der Waals surface area contributed by atoms with Crippen molar-refractivity contribution in [2.24, 2.45) is 0 Å². The molecular weight excluding hydrogens is 292 g/mol. The van der Waals surface area contributed by atoms with Gasteiger partial charge < -0.3 is 5.32 Å². The first-order chi connectivity index (χ1) is 9.63. The van der Waals surface area contributed by atoms with E-state index in [1.54, 1.807) is 12.1 Å². The highest BCUT2D eigenvalue weighted by Gasteiger charge is 2.23. The predicted octanol–water partition coefficient (Wildman–Crippen LogP) is 2.68. The molecule has 2 N–H and O–H groups in total. The van der Waals surface area contributed by atoms with Gasteiger partial charge in [0.05, 0.1) is 5.69 Å². The van der Waals surface area contributed by atoms with Gasteiger partial charge >= 0.3 is 0 Å². The van der Waals surface area contributed by atoms with Gasteiger partial charge in [-0.2, -0.15) is 11.8 Å². The smallest absolute Gasteiger partial charge is 0.242 e. The molecule has 1 aromatic carbocycles. The lowest BCUT2D eigenvalue weighted by molar-refractivity contribution is 0.543. The molecule has 2 rings (SSSR count). The molecule has 1 aromatic rings. The Kier molecular flexibility index (Phi) is 5.74. The van der Waals surface area contributed by atoms with Crippen LogP contribution in [0.1, 0.15) is 26.2 Å². The number of para-hydroxylation sites is 1. The molecule has 1 heterocycles. The Balaban J connectivity index is 2.15. The van der Waals surface area contributed by atoms with Crippen LogP contribution in [0.2, 0.25) is 0 Å². The maximum absolute atomic E-state index is 12.5. The van der Waals surface area contributed by atoms with Gasteiger partial charge in [0, 0.05) is 18.3 Å². The molecule has 1 atom stereocenters. The SMILES string of the molecule is CCCNc1ccccc1S(=O)(=O)NC1CCCSC1. The van der Waals surface area contributed by atoms with E-state index in [0.717, 1.165) is 37.3 Å². The van der Waals surface area contributed by atoms with Gasteiger partial charge in [-0.15, -0.1) is 0 Å². The summed E-state index contributed by atoms with van der Waals surface area (Å²) in [6.07, 6.45) is 2.96. The van der Waals surface area contributed by atoms with E-state index >= 15 is 0 Å². The highest BCUT2D eigenvalue weighted by Crippen LogP contribution is 2.23. The molecule has 0 aromatic heterocycles. The Labute approximate surface area is 125 Å². The quantitative estimate of drug-likeness (QED) is 0.847. The Hall–Kier alpha value is -0.720. The minimum absolute atomic E-state index is 0.0537. The third-order valence-electron chi connectivity index (χ3n) is 3.22. The van der Waals surface area contributed by atoms with Crippen molar-refractivity contribution in [1.29, 1.82) is 0 Å². The summed E-state index contributed by atoms with van der Waals surface area (Å²) in [5.41, 5.74) is 0.685. The van der Waals surface area contributed by atoms with Gasteiger partial charge in [0.2, 0.25) is 10.0 Å². The number of hydrogen-bond donors (Lipinski definition) is 2. The number of rotatable bonds is 6. The molecular formula is C14H22N2O2S2. The van der Waals surface area contributed by atoms with Crippen LogP contribution < -0.4 is 10.0 Å². The van der Waals surface area contributed by atoms with Gasteiger partial charge in [0.25, 0.3) is 0 Å². The van der Waals surface area contributed by atoms with Crippen LogP contribution in [0.4, 0.5) is 5.69 Å². The highest BCUT2D eigenvalue weighted by molar-refractivity contribution is 7.99. The van der Waals surface area contributed by atoms with Crippen molar-refractivity contribution in [2.45, 2.75) is 37.1 Å². The second-order valence-electron chi connectivity index (χ2n) is 4.96. The zero-order chi connectivity index (χ0) is 14.4. The summed E-state index contributed by atoms with van der Waals surface area (Å²) in [4.78, 5) is 0.351. The van der Waals surface area contributed by atoms with E-state index in [1.165, 1.54) is 0 Å². The first kappa shape index (κ1) is 15.7. The fraction of sp³-hybridized carbons (Fsp3) is 0.571. The summed E-state index contributed by atoms with van der Waals surface area (Å²) in [6, 6.07) is 7.16. The Morgan fingerprint density at radius 2 is 2.15 bits per heavy atom. The molecule has 0 spiro atoms. The van der Waals surface area contributed by atoms with Crippen molar-refractivity contribution in [3.63, 3.8) is 0 Å². The number of hydrogen-bond acceptors (Lipinski definition) is 4. The molecule has 0 aliphatic carbocycles. The highest BCUT2D eigenvalue weighted by atomic mass is 32.2. The molecule has 1 aliphatic heterocycles. The maximum Gasteiger partial charge on any atom is 0.242 e. The molecule has 1 unspecified atom stereocenters. The number of nitrogens with one attached hydrogen (secondary N) is 2. The minimum atomic E-state index is -3.45. The fourth-order valence-electron chi connectivity index (χ4n) is 2.22. The summed E-state index contributed by atoms with van der Waals surface area (Å²) >= 11 is 1.81. The van der Waals surface area contributed by atoms with Crippen LogP contribution in [0.25, 0.3) is 0 Å². The largest absolute Gasteiger partial charge is 0.384 e. The van der Waals surface area contributed by atoms with Crippen molar-refractivity contribution in [2.75, 3.05) is 23.4 Å². The number of sulfonamides is 1. The zero-order valence-corrected chi connectivity index (χ0v) is 13.4. The van der Waals surface area contributed by atoms with E-state index < -0.39 is 10.0 Å². The standard InChI is InChI=1S/C14H22N2O2S2/c1-2-9-15-13-7-3-4-8-14(13)20(17,18)16-12-6-5-10-19-11-12/h3-4,7-8,12,15-16H,2,5-6,9-11H2,1H3. The molecule has 1 saturated heterocycles. The Morgan fingerprint density at radius 1 is 1.35 bits per heavy atom. The van der Waals surface area contributed by atoms with Crippen molar-refractivity contribution in [3.8, 4) is 0 Å². The van der Waals surface area contributed by atoms with Gasteiger partial charge in [0.15, 0.2) is 0 Å². The third kappa shape index (κ3) is 4.14.